The molecule has 3 aromatic rings. The molecule has 4 rings (SSSR count). The summed E-state index contributed by atoms with van der Waals surface area (Å²) in [5.74, 6) is 0.205. The lowest BCUT2D eigenvalue weighted by Crippen LogP contribution is -2.41. The fourth-order valence-electron chi connectivity index (χ4n) is 3.61. The lowest BCUT2D eigenvalue weighted by molar-refractivity contribution is -0.119. The van der Waals surface area contributed by atoms with Gasteiger partial charge < -0.3 is 10.6 Å². The van der Waals surface area contributed by atoms with Crippen LogP contribution in [0.4, 0.5) is 5.69 Å². The molecule has 7 heteroatoms. The first kappa shape index (κ1) is 16.3. The average Bonchev–Trinajstić information content (AvgIpc) is 3.12. The number of rotatable bonds is 4. The zero-order valence-corrected chi connectivity index (χ0v) is 14.5. The highest BCUT2D eigenvalue weighted by Gasteiger charge is 2.33. The molecule has 1 aliphatic heterocycles. The summed E-state index contributed by atoms with van der Waals surface area (Å²) in [6, 6.07) is 17.9. The Bertz CT molecular complexity index is 923. The quantitative estimate of drug-likeness (QED) is 0.779. The summed E-state index contributed by atoms with van der Waals surface area (Å²) >= 11 is 0. The van der Waals surface area contributed by atoms with Crippen LogP contribution in [-0.2, 0) is 11.3 Å². The van der Waals surface area contributed by atoms with Crippen molar-refractivity contribution < 1.29 is 4.79 Å². The van der Waals surface area contributed by atoms with Crippen molar-refractivity contribution in [3.63, 3.8) is 0 Å². The third-order valence-electron chi connectivity index (χ3n) is 4.92. The van der Waals surface area contributed by atoms with Gasteiger partial charge in [0.15, 0.2) is 5.82 Å². The van der Waals surface area contributed by atoms with Gasteiger partial charge in [0.25, 0.3) is 0 Å². The van der Waals surface area contributed by atoms with Crippen LogP contribution < -0.4 is 10.6 Å². The molecule has 1 aromatic heterocycles. The van der Waals surface area contributed by atoms with Gasteiger partial charge in [-0.15, -0.1) is 5.10 Å². The topological polar surface area (TPSA) is 89.9 Å². The minimum atomic E-state index is -0.280. The Morgan fingerprint density at radius 3 is 2.65 bits per heavy atom. The molecule has 0 saturated carbocycles. The first-order chi connectivity index (χ1) is 12.6. The van der Waals surface area contributed by atoms with Gasteiger partial charge in [-0.2, -0.15) is 4.68 Å². The maximum atomic E-state index is 11.9. The Labute approximate surface area is 151 Å². The van der Waals surface area contributed by atoms with Gasteiger partial charge in [-0.05, 0) is 47.5 Å². The Morgan fingerprint density at radius 2 is 1.88 bits per heavy atom. The Morgan fingerprint density at radius 1 is 1.15 bits per heavy atom. The molecular weight excluding hydrogens is 328 g/mol. The van der Waals surface area contributed by atoms with Gasteiger partial charge in [-0.1, -0.05) is 36.4 Å². The van der Waals surface area contributed by atoms with Gasteiger partial charge in [0.05, 0.1) is 18.2 Å². The number of benzene rings is 2. The highest BCUT2D eigenvalue weighted by Crippen LogP contribution is 2.38. The summed E-state index contributed by atoms with van der Waals surface area (Å²) < 4.78 is 1.75. The predicted octanol–water partition coefficient (Wildman–Crippen LogP) is 2.03. The normalized spacial score (nSPS) is 19.2. The maximum Gasteiger partial charge on any atom is 0.225 e. The largest absolute Gasteiger partial charge is 0.369 e. The molecule has 0 unspecified atom stereocenters. The number of hydrogen-bond acceptors (Lipinski definition) is 5. The summed E-state index contributed by atoms with van der Waals surface area (Å²) in [6.45, 7) is 2.65. The van der Waals surface area contributed by atoms with Crippen LogP contribution in [-0.4, -0.2) is 32.2 Å². The van der Waals surface area contributed by atoms with E-state index < -0.39 is 0 Å². The van der Waals surface area contributed by atoms with Crippen molar-refractivity contribution in [1.82, 2.24) is 20.2 Å². The fourth-order valence-corrected chi connectivity index (χ4v) is 3.61. The molecule has 0 fully saturated rings. The molecule has 2 aromatic carbocycles. The van der Waals surface area contributed by atoms with Gasteiger partial charge in [0, 0.05) is 11.7 Å². The van der Waals surface area contributed by atoms with E-state index >= 15 is 0 Å². The van der Waals surface area contributed by atoms with E-state index in [9.17, 15) is 4.79 Å². The van der Waals surface area contributed by atoms with E-state index in [1.807, 2.05) is 54.6 Å². The van der Waals surface area contributed by atoms with E-state index in [-0.39, 0.29) is 17.9 Å². The molecule has 0 spiro atoms. The SMILES string of the molecule is C[C@@H]1C[C@H](C(N)=O)c2ccccc2N1Cc1nnnn1-c1ccccc1. The second kappa shape index (κ2) is 6.59. The Hall–Kier alpha value is -3.22. The lowest BCUT2D eigenvalue weighted by atomic mass is 9.85. The molecule has 0 bridgehead atoms. The third kappa shape index (κ3) is 2.81. The molecule has 1 aliphatic rings. The van der Waals surface area contributed by atoms with Gasteiger partial charge in [-0.3, -0.25) is 4.79 Å². The van der Waals surface area contributed by atoms with Gasteiger partial charge in [0.2, 0.25) is 5.91 Å². The molecular formula is C19H20N6O. The van der Waals surface area contributed by atoms with Gasteiger partial charge >= 0.3 is 0 Å². The third-order valence-corrected chi connectivity index (χ3v) is 4.92. The summed E-state index contributed by atoms with van der Waals surface area (Å²) in [6.07, 6.45) is 0.680. The molecule has 0 radical (unpaired) electrons. The molecule has 0 aliphatic carbocycles. The number of primary amides is 1. The number of nitrogens with two attached hydrogens (primary N) is 1. The van der Waals surface area contributed by atoms with Crippen LogP contribution in [0.2, 0.25) is 0 Å². The minimum Gasteiger partial charge on any atom is -0.369 e. The Kier molecular flexibility index (Phi) is 4.12. The van der Waals surface area contributed by atoms with Crippen molar-refractivity contribution in [2.24, 2.45) is 5.73 Å². The molecule has 0 saturated heterocycles. The van der Waals surface area contributed by atoms with E-state index in [4.69, 9.17) is 5.73 Å². The summed E-state index contributed by atoms with van der Waals surface area (Å²) in [5.41, 5.74) is 8.53. The molecule has 2 N–H and O–H groups in total. The summed E-state index contributed by atoms with van der Waals surface area (Å²) in [7, 11) is 0. The number of aromatic nitrogens is 4. The molecule has 2 heterocycles. The van der Waals surface area contributed by atoms with Crippen molar-refractivity contribution in [2.75, 3.05) is 4.90 Å². The van der Waals surface area contributed by atoms with Crippen LogP contribution >= 0.6 is 0 Å². The van der Waals surface area contributed by atoms with Crippen LogP contribution in [0.25, 0.3) is 5.69 Å². The van der Waals surface area contributed by atoms with Gasteiger partial charge in [0.1, 0.15) is 0 Å². The first-order valence-corrected chi connectivity index (χ1v) is 8.62. The van der Waals surface area contributed by atoms with Crippen LogP contribution in [0.3, 0.4) is 0 Å². The fraction of sp³-hybridized carbons (Fsp3) is 0.263. The number of fused-ring (bicyclic) bond motifs is 1. The second-order valence-corrected chi connectivity index (χ2v) is 6.57. The number of para-hydroxylation sites is 2. The average molecular weight is 348 g/mol. The molecule has 1 amide bonds. The van der Waals surface area contributed by atoms with Crippen molar-refractivity contribution in [3.05, 3.63) is 66.0 Å². The van der Waals surface area contributed by atoms with E-state index in [2.05, 4.69) is 27.3 Å². The van der Waals surface area contributed by atoms with Gasteiger partial charge in [-0.25, -0.2) is 0 Å². The van der Waals surface area contributed by atoms with Crippen LogP contribution in [0.5, 0.6) is 0 Å². The van der Waals surface area contributed by atoms with E-state index in [1.54, 1.807) is 4.68 Å². The molecule has 2 atom stereocenters. The zero-order valence-electron chi connectivity index (χ0n) is 14.5. The van der Waals surface area contributed by atoms with Crippen molar-refractivity contribution in [2.45, 2.75) is 31.8 Å². The highest BCUT2D eigenvalue weighted by atomic mass is 16.1. The number of amides is 1. The predicted molar refractivity (Wildman–Crippen MR) is 97.8 cm³/mol. The summed E-state index contributed by atoms with van der Waals surface area (Å²) in [4.78, 5) is 14.1. The van der Waals surface area contributed by atoms with Crippen LogP contribution in [0.1, 0.15) is 30.7 Å². The number of tetrazole rings is 1. The minimum absolute atomic E-state index is 0.142. The smallest absolute Gasteiger partial charge is 0.225 e. The number of carbonyl (C=O) groups is 1. The lowest BCUT2D eigenvalue weighted by Gasteiger charge is -2.39. The number of anilines is 1. The van der Waals surface area contributed by atoms with E-state index in [0.29, 0.717) is 13.0 Å². The Balaban J connectivity index is 1.70. The number of hydrogen-bond donors (Lipinski definition) is 1. The molecule has 7 nitrogen and oxygen atoms in total. The summed E-state index contributed by atoms with van der Waals surface area (Å²) in [5, 5.41) is 12.2. The first-order valence-electron chi connectivity index (χ1n) is 8.62. The monoisotopic (exact) mass is 348 g/mol. The van der Waals surface area contributed by atoms with Crippen molar-refractivity contribution >= 4 is 11.6 Å². The molecule has 132 valence electrons. The standard InChI is InChI=1S/C19H20N6O/c1-13-11-16(19(20)26)15-9-5-6-10-17(15)24(13)12-18-21-22-23-25(18)14-7-3-2-4-8-14/h2-10,13,16H,11-12H2,1H3,(H2,20,26)/t13-,16+/m1/s1. The maximum absolute atomic E-state index is 11.9. The van der Waals surface area contributed by atoms with Crippen LogP contribution in [0.15, 0.2) is 54.6 Å². The van der Waals surface area contributed by atoms with E-state index in [1.165, 1.54) is 0 Å². The van der Waals surface area contributed by atoms with Crippen LogP contribution in [0, 0.1) is 0 Å². The highest BCUT2D eigenvalue weighted by molar-refractivity contribution is 5.85. The molecule has 26 heavy (non-hydrogen) atoms. The zero-order chi connectivity index (χ0) is 18.1. The number of nitrogens with zero attached hydrogens (tertiary/aromatic N) is 5. The van der Waals surface area contributed by atoms with E-state index in [0.717, 1.165) is 22.8 Å². The second-order valence-electron chi connectivity index (χ2n) is 6.57. The number of carbonyl (C=O) groups excluding carboxylic acids is 1. The van der Waals surface area contributed by atoms with Crippen molar-refractivity contribution in [1.29, 1.82) is 0 Å². The van der Waals surface area contributed by atoms with Crippen molar-refractivity contribution in [3.8, 4) is 5.69 Å².